The van der Waals surface area contributed by atoms with Crippen molar-refractivity contribution in [2.24, 2.45) is 5.73 Å². The molecular formula is C10H12ClN3O3. The quantitative estimate of drug-likeness (QED) is 0.504. The van der Waals surface area contributed by atoms with Crippen LogP contribution in [0.15, 0.2) is 24.3 Å². The summed E-state index contributed by atoms with van der Waals surface area (Å²) in [6, 6.07) is 6.66. The van der Waals surface area contributed by atoms with Gasteiger partial charge in [-0.1, -0.05) is 11.6 Å². The van der Waals surface area contributed by atoms with Crippen molar-refractivity contribution in [3.63, 3.8) is 0 Å². The standard InChI is InChI=1S/C10H12ClN3O3/c11-7-1-3-8(4-2-7)14-10(16)5-13-17-6-9(12)15/h1-4,13H,5-6H2,(H2,12,15)(H,14,16). The van der Waals surface area contributed by atoms with Gasteiger partial charge in [-0.05, 0) is 24.3 Å². The third-order valence-corrected chi connectivity index (χ3v) is 1.93. The highest BCUT2D eigenvalue weighted by molar-refractivity contribution is 6.30. The number of primary amides is 1. The van der Waals surface area contributed by atoms with Gasteiger partial charge >= 0.3 is 0 Å². The monoisotopic (exact) mass is 257 g/mol. The maximum absolute atomic E-state index is 11.3. The van der Waals surface area contributed by atoms with Gasteiger partial charge in [-0.2, -0.15) is 5.48 Å². The molecule has 0 aliphatic carbocycles. The maximum Gasteiger partial charge on any atom is 0.245 e. The molecule has 0 saturated heterocycles. The number of benzene rings is 1. The fourth-order valence-corrected chi connectivity index (χ4v) is 1.10. The van der Waals surface area contributed by atoms with Crippen LogP contribution in [0.5, 0.6) is 0 Å². The number of halogens is 1. The van der Waals surface area contributed by atoms with Crippen LogP contribution in [-0.4, -0.2) is 25.0 Å². The van der Waals surface area contributed by atoms with E-state index in [2.05, 4.69) is 15.6 Å². The summed E-state index contributed by atoms with van der Waals surface area (Å²) in [7, 11) is 0. The van der Waals surface area contributed by atoms with Gasteiger partial charge in [0.1, 0.15) is 13.2 Å². The first-order chi connectivity index (χ1) is 8.08. The van der Waals surface area contributed by atoms with Gasteiger partial charge in [0.05, 0.1) is 0 Å². The third kappa shape index (κ3) is 5.86. The van der Waals surface area contributed by atoms with Gasteiger partial charge in [0.25, 0.3) is 0 Å². The van der Waals surface area contributed by atoms with E-state index in [1.54, 1.807) is 24.3 Å². The summed E-state index contributed by atoms with van der Waals surface area (Å²) in [6.07, 6.45) is 0. The second-order valence-electron chi connectivity index (χ2n) is 3.13. The number of amides is 2. The predicted molar refractivity (Wildman–Crippen MR) is 63.2 cm³/mol. The van der Waals surface area contributed by atoms with E-state index in [1.807, 2.05) is 0 Å². The zero-order valence-corrected chi connectivity index (χ0v) is 9.66. The first-order valence-corrected chi connectivity index (χ1v) is 5.14. The van der Waals surface area contributed by atoms with E-state index in [0.717, 1.165) is 0 Å². The molecular weight excluding hydrogens is 246 g/mol. The number of nitrogens with one attached hydrogen (secondary N) is 2. The molecule has 0 unspecified atom stereocenters. The zero-order chi connectivity index (χ0) is 12.7. The highest BCUT2D eigenvalue weighted by atomic mass is 35.5. The lowest BCUT2D eigenvalue weighted by molar-refractivity contribution is -0.127. The molecule has 17 heavy (non-hydrogen) atoms. The average molecular weight is 258 g/mol. The number of hydrogen-bond acceptors (Lipinski definition) is 4. The second kappa shape index (κ2) is 6.85. The maximum atomic E-state index is 11.3. The van der Waals surface area contributed by atoms with Crippen molar-refractivity contribution < 1.29 is 14.4 Å². The van der Waals surface area contributed by atoms with E-state index >= 15 is 0 Å². The molecule has 92 valence electrons. The van der Waals surface area contributed by atoms with Crippen LogP contribution in [0, 0.1) is 0 Å². The molecule has 0 fully saturated rings. The minimum atomic E-state index is -0.615. The summed E-state index contributed by atoms with van der Waals surface area (Å²) >= 11 is 5.69. The number of rotatable bonds is 6. The summed E-state index contributed by atoms with van der Waals surface area (Å²) in [5.74, 6) is -0.924. The van der Waals surface area contributed by atoms with Crippen LogP contribution < -0.4 is 16.5 Å². The van der Waals surface area contributed by atoms with Crippen LogP contribution in [0.4, 0.5) is 5.69 Å². The van der Waals surface area contributed by atoms with Crippen molar-refractivity contribution in [2.45, 2.75) is 0 Å². The Morgan fingerprint density at radius 3 is 2.53 bits per heavy atom. The highest BCUT2D eigenvalue weighted by Gasteiger charge is 2.02. The fraction of sp³-hybridized carbons (Fsp3) is 0.200. The van der Waals surface area contributed by atoms with Crippen molar-refractivity contribution in [1.29, 1.82) is 0 Å². The first kappa shape index (κ1) is 13.4. The van der Waals surface area contributed by atoms with Crippen molar-refractivity contribution in [2.75, 3.05) is 18.5 Å². The van der Waals surface area contributed by atoms with Gasteiger partial charge in [-0.3, -0.25) is 14.4 Å². The molecule has 0 heterocycles. The van der Waals surface area contributed by atoms with Gasteiger partial charge < -0.3 is 11.1 Å². The van der Waals surface area contributed by atoms with Gasteiger partial charge in [0.15, 0.2) is 0 Å². The highest BCUT2D eigenvalue weighted by Crippen LogP contribution is 2.12. The van der Waals surface area contributed by atoms with Crippen molar-refractivity contribution in [3.05, 3.63) is 29.3 Å². The average Bonchev–Trinajstić information content (AvgIpc) is 2.27. The lowest BCUT2D eigenvalue weighted by Gasteiger charge is -2.06. The van der Waals surface area contributed by atoms with E-state index in [0.29, 0.717) is 10.7 Å². The van der Waals surface area contributed by atoms with E-state index in [-0.39, 0.29) is 19.1 Å². The van der Waals surface area contributed by atoms with Gasteiger partial charge in [0.2, 0.25) is 11.8 Å². The summed E-state index contributed by atoms with van der Waals surface area (Å²) in [4.78, 5) is 26.3. The fourth-order valence-electron chi connectivity index (χ4n) is 0.977. The van der Waals surface area contributed by atoms with Crippen LogP contribution in [0.25, 0.3) is 0 Å². The summed E-state index contributed by atoms with van der Waals surface area (Å²) in [5.41, 5.74) is 7.76. The molecule has 4 N–H and O–H groups in total. The third-order valence-electron chi connectivity index (χ3n) is 1.68. The van der Waals surface area contributed by atoms with Crippen molar-refractivity contribution in [1.82, 2.24) is 5.48 Å². The molecule has 0 bridgehead atoms. The number of anilines is 1. The van der Waals surface area contributed by atoms with Crippen molar-refractivity contribution >= 4 is 29.1 Å². The Labute approximate surface area is 103 Å². The molecule has 0 aromatic heterocycles. The number of hydrogen-bond donors (Lipinski definition) is 3. The molecule has 2 amide bonds. The molecule has 1 aromatic carbocycles. The van der Waals surface area contributed by atoms with E-state index < -0.39 is 5.91 Å². The molecule has 0 atom stereocenters. The van der Waals surface area contributed by atoms with Crippen LogP contribution in [0.2, 0.25) is 5.02 Å². The molecule has 1 aromatic rings. The van der Waals surface area contributed by atoms with E-state index in [1.165, 1.54) is 0 Å². The normalized spacial score (nSPS) is 9.94. The first-order valence-electron chi connectivity index (χ1n) is 4.76. The molecule has 0 aliphatic heterocycles. The number of carbonyl (C=O) groups excluding carboxylic acids is 2. The molecule has 6 nitrogen and oxygen atoms in total. The number of hydroxylamine groups is 1. The SMILES string of the molecule is NC(=O)CONCC(=O)Nc1ccc(Cl)cc1. The Balaban J connectivity index is 2.25. The van der Waals surface area contributed by atoms with Crippen molar-refractivity contribution in [3.8, 4) is 0 Å². The minimum Gasteiger partial charge on any atom is -0.368 e. The van der Waals surface area contributed by atoms with Crippen LogP contribution >= 0.6 is 11.6 Å². The topological polar surface area (TPSA) is 93.5 Å². The Morgan fingerprint density at radius 1 is 1.29 bits per heavy atom. The predicted octanol–water partition coefficient (Wildman–Crippen LogP) is 0.285. The van der Waals surface area contributed by atoms with Gasteiger partial charge in [-0.15, -0.1) is 0 Å². The lowest BCUT2D eigenvalue weighted by Crippen LogP contribution is -2.31. The lowest BCUT2D eigenvalue weighted by atomic mass is 10.3. The molecule has 7 heteroatoms. The molecule has 0 radical (unpaired) electrons. The number of nitrogens with two attached hydrogens (primary N) is 1. The second-order valence-corrected chi connectivity index (χ2v) is 3.57. The molecule has 0 spiro atoms. The van der Waals surface area contributed by atoms with Crippen LogP contribution in [0.3, 0.4) is 0 Å². The molecule has 1 rings (SSSR count). The van der Waals surface area contributed by atoms with Gasteiger partial charge in [0, 0.05) is 10.7 Å². The molecule has 0 aliphatic rings. The summed E-state index contributed by atoms with van der Waals surface area (Å²) < 4.78 is 0. The van der Waals surface area contributed by atoms with E-state index in [4.69, 9.17) is 17.3 Å². The Bertz CT molecular complexity index is 394. The van der Waals surface area contributed by atoms with Crippen LogP contribution in [0.1, 0.15) is 0 Å². The summed E-state index contributed by atoms with van der Waals surface area (Å²) in [5, 5.41) is 3.19. The zero-order valence-electron chi connectivity index (χ0n) is 8.90. The number of carbonyl (C=O) groups is 2. The Hall–Kier alpha value is -1.63. The summed E-state index contributed by atoms with van der Waals surface area (Å²) in [6.45, 7) is -0.371. The molecule has 0 saturated carbocycles. The van der Waals surface area contributed by atoms with E-state index in [9.17, 15) is 9.59 Å². The van der Waals surface area contributed by atoms with Gasteiger partial charge in [-0.25, -0.2) is 0 Å². The smallest absolute Gasteiger partial charge is 0.245 e. The Kier molecular flexibility index (Phi) is 5.41. The minimum absolute atomic E-state index is 0.0874. The Morgan fingerprint density at radius 2 is 1.94 bits per heavy atom. The largest absolute Gasteiger partial charge is 0.368 e. The van der Waals surface area contributed by atoms with Crippen LogP contribution in [-0.2, 0) is 14.4 Å².